The first-order valence-electron chi connectivity index (χ1n) is 7.16. The van der Waals surface area contributed by atoms with Crippen LogP contribution in [0.15, 0.2) is 0 Å². The summed E-state index contributed by atoms with van der Waals surface area (Å²) in [4.78, 5) is 37.4. The summed E-state index contributed by atoms with van der Waals surface area (Å²) in [5.41, 5.74) is 0. The maximum absolute atomic E-state index is 12.0. The minimum absolute atomic E-state index is 0.102. The lowest BCUT2D eigenvalue weighted by molar-refractivity contribution is -0.140. The number of hydrogen-bond donors (Lipinski definition) is 3. The molecule has 1 fully saturated rings. The number of carbonyl (C=O) groups excluding carboxylic acids is 1. The van der Waals surface area contributed by atoms with Crippen molar-refractivity contribution in [3.05, 3.63) is 0 Å². The number of nitrogens with one attached hydrogen (secondary N) is 1. The molecule has 3 N–H and O–H groups in total. The standard InChI is InChI=1S/C13H23N3O5/c1-2-15-6-8-16(9-7-15)13(21)14-10(12(19)20)4-3-5-11(17)18/h10H,2-9H2,1H3,(H,14,21)(H,17,18)(H,19,20)/t10-/m1/s1. The van der Waals surface area contributed by atoms with Gasteiger partial charge in [-0.05, 0) is 19.4 Å². The molecule has 2 amide bonds. The Morgan fingerprint density at radius 3 is 2.24 bits per heavy atom. The quantitative estimate of drug-likeness (QED) is 0.612. The zero-order valence-corrected chi connectivity index (χ0v) is 12.2. The van der Waals surface area contributed by atoms with E-state index in [1.807, 2.05) is 0 Å². The molecule has 1 aliphatic heterocycles. The first kappa shape index (κ1) is 17.2. The molecule has 8 heteroatoms. The van der Waals surface area contributed by atoms with Crippen LogP contribution in [0.4, 0.5) is 4.79 Å². The number of aliphatic carboxylic acids is 2. The molecular weight excluding hydrogens is 278 g/mol. The summed E-state index contributed by atoms with van der Waals surface area (Å²) in [6.45, 7) is 5.69. The minimum Gasteiger partial charge on any atom is -0.481 e. The molecule has 1 heterocycles. The molecule has 1 atom stereocenters. The van der Waals surface area contributed by atoms with Gasteiger partial charge in [0.15, 0.2) is 0 Å². The molecule has 0 unspecified atom stereocenters. The first-order chi connectivity index (χ1) is 9.93. The molecule has 1 rings (SSSR count). The van der Waals surface area contributed by atoms with Gasteiger partial charge >= 0.3 is 18.0 Å². The third kappa shape index (κ3) is 5.99. The summed E-state index contributed by atoms with van der Waals surface area (Å²) in [7, 11) is 0. The highest BCUT2D eigenvalue weighted by Crippen LogP contribution is 2.05. The number of likely N-dealkylation sites (N-methyl/N-ethyl adjacent to an activating group) is 1. The number of hydrogen-bond acceptors (Lipinski definition) is 4. The number of amides is 2. The Morgan fingerprint density at radius 2 is 1.76 bits per heavy atom. The summed E-state index contributed by atoms with van der Waals surface area (Å²) in [5, 5.41) is 20.1. The van der Waals surface area contributed by atoms with E-state index in [9.17, 15) is 14.4 Å². The van der Waals surface area contributed by atoms with Crippen molar-refractivity contribution in [3.8, 4) is 0 Å². The molecule has 0 aromatic heterocycles. The second-order valence-electron chi connectivity index (χ2n) is 5.05. The molecular formula is C13H23N3O5. The van der Waals surface area contributed by atoms with Crippen molar-refractivity contribution >= 4 is 18.0 Å². The molecule has 0 aromatic carbocycles. The van der Waals surface area contributed by atoms with Crippen LogP contribution in [0.5, 0.6) is 0 Å². The Balaban J connectivity index is 2.41. The van der Waals surface area contributed by atoms with Gasteiger partial charge in [0.1, 0.15) is 6.04 Å². The van der Waals surface area contributed by atoms with E-state index in [4.69, 9.17) is 10.2 Å². The predicted octanol–water partition coefficient (Wildman–Crippen LogP) is 0.0416. The molecule has 0 saturated carbocycles. The van der Waals surface area contributed by atoms with Crippen molar-refractivity contribution in [2.75, 3.05) is 32.7 Å². The number of rotatable bonds is 7. The van der Waals surface area contributed by atoms with E-state index in [1.165, 1.54) is 0 Å². The molecule has 1 aliphatic rings. The Labute approximate surface area is 123 Å². The van der Waals surface area contributed by atoms with E-state index < -0.39 is 24.0 Å². The van der Waals surface area contributed by atoms with Gasteiger partial charge in [0, 0.05) is 32.6 Å². The van der Waals surface area contributed by atoms with Crippen LogP contribution in [0.3, 0.4) is 0 Å². The lowest BCUT2D eigenvalue weighted by atomic mass is 10.1. The highest BCUT2D eigenvalue weighted by atomic mass is 16.4. The monoisotopic (exact) mass is 301 g/mol. The van der Waals surface area contributed by atoms with Gasteiger partial charge in [0.05, 0.1) is 0 Å². The average Bonchev–Trinajstić information content (AvgIpc) is 2.45. The van der Waals surface area contributed by atoms with Gasteiger partial charge < -0.3 is 25.3 Å². The number of urea groups is 1. The highest BCUT2D eigenvalue weighted by molar-refractivity contribution is 5.82. The van der Waals surface area contributed by atoms with E-state index in [0.29, 0.717) is 13.1 Å². The molecule has 120 valence electrons. The fraction of sp³-hybridized carbons (Fsp3) is 0.769. The fourth-order valence-electron chi connectivity index (χ4n) is 2.22. The normalized spacial score (nSPS) is 17.3. The van der Waals surface area contributed by atoms with Crippen molar-refractivity contribution in [2.24, 2.45) is 0 Å². The fourth-order valence-corrected chi connectivity index (χ4v) is 2.22. The van der Waals surface area contributed by atoms with E-state index in [1.54, 1.807) is 4.90 Å². The summed E-state index contributed by atoms with van der Waals surface area (Å²) < 4.78 is 0. The Bertz CT molecular complexity index is 380. The van der Waals surface area contributed by atoms with Crippen molar-refractivity contribution in [1.29, 1.82) is 0 Å². The molecule has 0 spiro atoms. The summed E-state index contributed by atoms with van der Waals surface area (Å²) in [5.74, 6) is -2.11. The molecule has 1 saturated heterocycles. The van der Waals surface area contributed by atoms with Crippen LogP contribution in [-0.2, 0) is 9.59 Å². The number of piperazine rings is 1. The lowest BCUT2D eigenvalue weighted by Gasteiger charge is -2.34. The Kier molecular flexibility index (Phi) is 6.93. The molecule has 0 aliphatic carbocycles. The van der Waals surface area contributed by atoms with Crippen molar-refractivity contribution in [1.82, 2.24) is 15.1 Å². The lowest BCUT2D eigenvalue weighted by Crippen LogP contribution is -2.54. The smallest absolute Gasteiger partial charge is 0.326 e. The zero-order valence-electron chi connectivity index (χ0n) is 12.2. The van der Waals surface area contributed by atoms with Crippen LogP contribution < -0.4 is 5.32 Å². The van der Waals surface area contributed by atoms with Crippen LogP contribution in [0, 0.1) is 0 Å². The van der Waals surface area contributed by atoms with Gasteiger partial charge in [-0.15, -0.1) is 0 Å². The zero-order chi connectivity index (χ0) is 15.8. The van der Waals surface area contributed by atoms with Crippen molar-refractivity contribution < 1.29 is 24.6 Å². The Hall–Kier alpha value is -1.83. The molecule has 0 radical (unpaired) electrons. The minimum atomic E-state index is -1.14. The highest BCUT2D eigenvalue weighted by Gasteiger charge is 2.25. The van der Waals surface area contributed by atoms with Gasteiger partial charge in [0.25, 0.3) is 0 Å². The van der Waals surface area contributed by atoms with E-state index in [0.717, 1.165) is 19.6 Å². The number of carboxylic acid groups (broad SMARTS) is 2. The predicted molar refractivity (Wildman–Crippen MR) is 75.1 cm³/mol. The maximum Gasteiger partial charge on any atom is 0.326 e. The van der Waals surface area contributed by atoms with Gasteiger partial charge in [-0.25, -0.2) is 9.59 Å². The topological polar surface area (TPSA) is 110 Å². The van der Waals surface area contributed by atoms with Gasteiger partial charge in [0.2, 0.25) is 0 Å². The molecule has 0 bridgehead atoms. The summed E-state index contributed by atoms with van der Waals surface area (Å²) in [6, 6.07) is -1.44. The second kappa shape index (κ2) is 8.46. The Morgan fingerprint density at radius 1 is 1.14 bits per heavy atom. The van der Waals surface area contributed by atoms with Gasteiger partial charge in [-0.1, -0.05) is 6.92 Å². The van der Waals surface area contributed by atoms with Gasteiger partial charge in [-0.3, -0.25) is 4.79 Å². The number of carboxylic acids is 2. The third-order valence-corrected chi connectivity index (χ3v) is 3.59. The second-order valence-corrected chi connectivity index (χ2v) is 5.05. The van der Waals surface area contributed by atoms with Crippen LogP contribution in [0.1, 0.15) is 26.2 Å². The van der Waals surface area contributed by atoms with E-state index in [-0.39, 0.29) is 19.3 Å². The van der Waals surface area contributed by atoms with E-state index >= 15 is 0 Å². The molecule has 0 aromatic rings. The molecule has 8 nitrogen and oxygen atoms in total. The van der Waals surface area contributed by atoms with Gasteiger partial charge in [-0.2, -0.15) is 0 Å². The average molecular weight is 301 g/mol. The molecule has 21 heavy (non-hydrogen) atoms. The van der Waals surface area contributed by atoms with Crippen molar-refractivity contribution in [2.45, 2.75) is 32.2 Å². The maximum atomic E-state index is 12.0. The third-order valence-electron chi connectivity index (χ3n) is 3.59. The van der Waals surface area contributed by atoms with Crippen LogP contribution in [-0.4, -0.2) is 76.7 Å². The van der Waals surface area contributed by atoms with E-state index in [2.05, 4.69) is 17.1 Å². The van der Waals surface area contributed by atoms with Crippen molar-refractivity contribution in [3.63, 3.8) is 0 Å². The summed E-state index contributed by atoms with van der Waals surface area (Å²) >= 11 is 0. The number of carbonyl (C=O) groups is 3. The summed E-state index contributed by atoms with van der Waals surface area (Å²) in [6.07, 6.45) is 0.229. The first-order valence-corrected chi connectivity index (χ1v) is 7.16. The van der Waals surface area contributed by atoms with Crippen LogP contribution >= 0.6 is 0 Å². The van der Waals surface area contributed by atoms with Crippen LogP contribution in [0.25, 0.3) is 0 Å². The SMILES string of the molecule is CCN1CCN(C(=O)N[C@H](CCCC(=O)O)C(=O)O)CC1. The largest absolute Gasteiger partial charge is 0.481 e. The van der Waals surface area contributed by atoms with Crippen LogP contribution in [0.2, 0.25) is 0 Å². The number of nitrogens with zero attached hydrogens (tertiary/aromatic N) is 2.